The van der Waals surface area contributed by atoms with Crippen LogP contribution < -0.4 is 5.32 Å². The van der Waals surface area contributed by atoms with Crippen molar-refractivity contribution >= 4 is 5.97 Å². The van der Waals surface area contributed by atoms with Crippen LogP contribution in [0.3, 0.4) is 0 Å². The molecular formula is C26H56N2O3. The largest absolute Gasteiger partial charge is 0.479 e. The molecule has 0 aromatic rings. The van der Waals surface area contributed by atoms with Gasteiger partial charge in [0.2, 0.25) is 0 Å². The van der Waals surface area contributed by atoms with E-state index in [1.54, 1.807) is 0 Å². The van der Waals surface area contributed by atoms with Crippen molar-refractivity contribution in [1.29, 1.82) is 0 Å². The van der Waals surface area contributed by atoms with E-state index in [-0.39, 0.29) is 0 Å². The van der Waals surface area contributed by atoms with Crippen LogP contribution in [-0.4, -0.2) is 60.9 Å². The molecule has 1 unspecified atom stereocenters. The normalized spacial score (nSPS) is 11.9. The van der Waals surface area contributed by atoms with Crippen molar-refractivity contribution in [1.82, 2.24) is 10.2 Å². The lowest BCUT2D eigenvalue weighted by Gasteiger charge is -2.09. The Kier molecular flexibility index (Phi) is 28.7. The molecule has 0 aliphatic carbocycles. The fourth-order valence-corrected chi connectivity index (χ4v) is 3.44. The number of nitrogens with zero attached hydrogens (tertiary/aromatic N) is 1. The standard InChI is InChI=1S/C23H50N2.C3H6O3/c1-4-5-6-7-8-9-10-11-12-13-14-15-16-17-18-19-21-24-22-20-23-25(2)3;1-2(4)3(5)6/h24H,4-23H2,1-3H3;2,4H,1H3,(H,5,6). The van der Waals surface area contributed by atoms with Crippen LogP contribution in [0.25, 0.3) is 0 Å². The summed E-state index contributed by atoms with van der Waals surface area (Å²) in [6.45, 7) is 7.09. The summed E-state index contributed by atoms with van der Waals surface area (Å²) < 4.78 is 0. The van der Waals surface area contributed by atoms with Crippen LogP contribution in [0.15, 0.2) is 0 Å². The highest BCUT2D eigenvalue weighted by Gasteiger charge is 2.01. The first-order valence-electron chi connectivity index (χ1n) is 13.2. The first-order valence-corrected chi connectivity index (χ1v) is 13.2. The second-order valence-corrected chi connectivity index (χ2v) is 9.22. The van der Waals surface area contributed by atoms with Gasteiger partial charge in [-0.1, -0.05) is 103 Å². The van der Waals surface area contributed by atoms with Crippen molar-refractivity contribution in [3.8, 4) is 0 Å². The van der Waals surface area contributed by atoms with Crippen LogP contribution in [0.4, 0.5) is 0 Å². The number of aliphatic hydroxyl groups is 1. The van der Waals surface area contributed by atoms with Crippen LogP contribution in [0, 0.1) is 0 Å². The molecule has 3 N–H and O–H groups in total. The Balaban J connectivity index is 0. The molecule has 0 aromatic carbocycles. The number of hydrogen-bond acceptors (Lipinski definition) is 4. The molecule has 31 heavy (non-hydrogen) atoms. The molecule has 0 fully saturated rings. The van der Waals surface area contributed by atoms with Crippen molar-refractivity contribution in [2.75, 3.05) is 33.7 Å². The lowest BCUT2D eigenvalue weighted by Crippen LogP contribution is -2.22. The summed E-state index contributed by atoms with van der Waals surface area (Å²) in [6, 6.07) is 0. The average molecular weight is 445 g/mol. The Morgan fingerprint density at radius 1 is 0.710 bits per heavy atom. The van der Waals surface area contributed by atoms with Gasteiger partial charge in [-0.15, -0.1) is 0 Å². The zero-order chi connectivity index (χ0) is 23.6. The van der Waals surface area contributed by atoms with Gasteiger partial charge in [-0.25, -0.2) is 4.79 Å². The highest BCUT2D eigenvalue weighted by Crippen LogP contribution is 2.13. The molecule has 5 nitrogen and oxygen atoms in total. The maximum Gasteiger partial charge on any atom is 0.332 e. The third kappa shape index (κ3) is 34.2. The number of aliphatic carboxylic acids is 1. The smallest absolute Gasteiger partial charge is 0.332 e. The molecule has 188 valence electrons. The van der Waals surface area contributed by atoms with E-state index in [4.69, 9.17) is 10.2 Å². The van der Waals surface area contributed by atoms with Crippen LogP contribution >= 0.6 is 0 Å². The van der Waals surface area contributed by atoms with Gasteiger partial charge >= 0.3 is 5.97 Å². The predicted molar refractivity (Wildman–Crippen MR) is 135 cm³/mol. The molecule has 0 amide bonds. The molecule has 0 aromatic heterocycles. The van der Waals surface area contributed by atoms with Gasteiger partial charge in [0, 0.05) is 0 Å². The zero-order valence-electron chi connectivity index (χ0n) is 21.5. The minimum absolute atomic E-state index is 1.18. The monoisotopic (exact) mass is 444 g/mol. The number of carbonyl (C=O) groups is 1. The van der Waals surface area contributed by atoms with Gasteiger partial charge in [-0.05, 0) is 53.5 Å². The summed E-state index contributed by atoms with van der Waals surface area (Å²) in [6.07, 6.45) is 23.3. The number of rotatable bonds is 22. The van der Waals surface area contributed by atoms with E-state index < -0.39 is 12.1 Å². The Labute approximate surface area is 194 Å². The van der Waals surface area contributed by atoms with Gasteiger partial charge in [0.05, 0.1) is 0 Å². The molecule has 0 saturated heterocycles. The lowest BCUT2D eigenvalue weighted by atomic mass is 10.0. The van der Waals surface area contributed by atoms with Crippen molar-refractivity contribution in [3.05, 3.63) is 0 Å². The maximum absolute atomic E-state index is 9.45. The number of carboxylic acid groups (broad SMARTS) is 1. The molecule has 5 heteroatoms. The van der Waals surface area contributed by atoms with Gasteiger partial charge in [-0.2, -0.15) is 0 Å². The minimum Gasteiger partial charge on any atom is -0.479 e. The first-order chi connectivity index (χ1) is 14.9. The molecule has 0 radical (unpaired) electrons. The molecular weight excluding hydrogens is 388 g/mol. The van der Waals surface area contributed by atoms with E-state index in [1.807, 2.05) is 0 Å². The summed E-state index contributed by atoms with van der Waals surface area (Å²) in [4.78, 5) is 11.7. The third-order valence-corrected chi connectivity index (χ3v) is 5.52. The van der Waals surface area contributed by atoms with Gasteiger partial charge in [0.25, 0.3) is 0 Å². The van der Waals surface area contributed by atoms with Gasteiger partial charge in [0.1, 0.15) is 6.10 Å². The van der Waals surface area contributed by atoms with E-state index in [1.165, 1.54) is 136 Å². The quantitative estimate of drug-likeness (QED) is 0.172. The van der Waals surface area contributed by atoms with Gasteiger partial charge in [0.15, 0.2) is 0 Å². The van der Waals surface area contributed by atoms with Crippen molar-refractivity contribution in [3.63, 3.8) is 0 Å². The number of hydrogen-bond donors (Lipinski definition) is 3. The van der Waals surface area contributed by atoms with E-state index in [0.717, 1.165) is 0 Å². The average Bonchev–Trinajstić information content (AvgIpc) is 2.72. The molecule has 0 aliphatic rings. The number of carboxylic acids is 1. The summed E-state index contributed by atoms with van der Waals surface area (Å²) >= 11 is 0. The van der Waals surface area contributed by atoms with Crippen molar-refractivity contribution < 1.29 is 15.0 Å². The number of nitrogens with one attached hydrogen (secondary N) is 1. The molecule has 0 rings (SSSR count). The zero-order valence-corrected chi connectivity index (χ0v) is 21.5. The summed E-state index contributed by atoms with van der Waals surface area (Å²) in [5.74, 6) is -1.19. The molecule has 0 heterocycles. The Morgan fingerprint density at radius 2 is 1.03 bits per heavy atom. The van der Waals surface area contributed by atoms with E-state index >= 15 is 0 Å². The summed E-state index contributed by atoms with van der Waals surface area (Å²) in [5.41, 5.74) is 0. The fraction of sp³-hybridized carbons (Fsp3) is 0.962. The van der Waals surface area contributed by atoms with E-state index in [9.17, 15) is 4.79 Å². The van der Waals surface area contributed by atoms with E-state index in [0.29, 0.717) is 0 Å². The Hall–Kier alpha value is -0.650. The summed E-state index contributed by atoms with van der Waals surface area (Å²) in [7, 11) is 4.30. The SMILES string of the molecule is CC(O)C(=O)O.CCCCCCCCCCCCCCCCCCNCCCN(C)C. The van der Waals surface area contributed by atoms with Crippen molar-refractivity contribution in [2.45, 2.75) is 129 Å². The highest BCUT2D eigenvalue weighted by atomic mass is 16.4. The Bertz CT molecular complexity index is 350. The second-order valence-electron chi connectivity index (χ2n) is 9.22. The second kappa shape index (κ2) is 27.4. The third-order valence-electron chi connectivity index (χ3n) is 5.52. The topological polar surface area (TPSA) is 72.8 Å². The molecule has 0 aliphatic heterocycles. The van der Waals surface area contributed by atoms with Crippen LogP contribution in [0.2, 0.25) is 0 Å². The van der Waals surface area contributed by atoms with Gasteiger partial charge < -0.3 is 20.4 Å². The number of aliphatic hydroxyl groups excluding tert-OH is 1. The maximum atomic E-state index is 9.45. The Morgan fingerprint density at radius 3 is 1.35 bits per heavy atom. The van der Waals surface area contributed by atoms with Crippen LogP contribution in [0.1, 0.15) is 123 Å². The minimum atomic E-state index is -1.23. The molecule has 0 saturated carbocycles. The van der Waals surface area contributed by atoms with Crippen molar-refractivity contribution in [2.24, 2.45) is 0 Å². The first kappa shape index (κ1) is 32.5. The summed E-state index contributed by atoms with van der Waals surface area (Å²) in [5, 5.41) is 19.3. The van der Waals surface area contributed by atoms with Gasteiger partial charge in [-0.3, -0.25) is 0 Å². The van der Waals surface area contributed by atoms with Crippen LogP contribution in [0.5, 0.6) is 0 Å². The predicted octanol–water partition coefficient (Wildman–Crippen LogP) is 6.24. The highest BCUT2D eigenvalue weighted by molar-refractivity contribution is 5.71. The van der Waals surface area contributed by atoms with Crippen LogP contribution in [-0.2, 0) is 4.79 Å². The molecule has 0 bridgehead atoms. The lowest BCUT2D eigenvalue weighted by molar-refractivity contribution is -0.145. The number of unbranched alkanes of at least 4 members (excludes halogenated alkanes) is 15. The fourth-order valence-electron chi connectivity index (χ4n) is 3.44. The van der Waals surface area contributed by atoms with E-state index in [2.05, 4.69) is 31.2 Å². The molecule has 0 spiro atoms. The molecule has 1 atom stereocenters.